The van der Waals surface area contributed by atoms with Crippen molar-refractivity contribution in [3.63, 3.8) is 0 Å². The van der Waals surface area contributed by atoms with E-state index in [1.54, 1.807) is 0 Å². The topological polar surface area (TPSA) is 4.93 Å². The summed E-state index contributed by atoms with van der Waals surface area (Å²) in [6.07, 6.45) is 16.3. The van der Waals surface area contributed by atoms with Crippen molar-refractivity contribution >= 4 is 64.9 Å². The molecule has 1 heterocycles. The van der Waals surface area contributed by atoms with Crippen LogP contribution in [0.4, 0.5) is 0 Å². The van der Waals surface area contributed by atoms with E-state index in [2.05, 4.69) is 115 Å². The summed E-state index contributed by atoms with van der Waals surface area (Å²) in [4.78, 5) is 0. The van der Waals surface area contributed by atoms with Gasteiger partial charge in [-0.05, 0) is 79.7 Å². The number of rotatable bonds is 15. The highest BCUT2D eigenvalue weighted by atomic mass is 15.0. The van der Waals surface area contributed by atoms with E-state index in [-0.39, 0.29) is 0 Å². The minimum Gasteiger partial charge on any atom is -0.340 e. The van der Waals surface area contributed by atoms with Crippen molar-refractivity contribution in [2.45, 2.75) is 97.4 Å². The highest BCUT2D eigenvalue weighted by Crippen LogP contribution is 2.49. The third-order valence-electron chi connectivity index (χ3n) is 11.2. The van der Waals surface area contributed by atoms with E-state index in [9.17, 15) is 0 Å². The Kier molecular flexibility index (Phi) is 8.49. The molecule has 8 rings (SSSR count). The molecule has 0 spiro atoms. The summed E-state index contributed by atoms with van der Waals surface area (Å²) in [7, 11) is 0. The third-order valence-corrected chi connectivity index (χ3v) is 11.2. The molecule has 0 fully saturated rings. The lowest BCUT2D eigenvalue weighted by Crippen LogP contribution is -2.11. The minimum atomic E-state index is 0.704. The van der Waals surface area contributed by atoms with E-state index in [4.69, 9.17) is 0 Å². The summed E-state index contributed by atoms with van der Waals surface area (Å²) < 4.78 is 2.76. The summed E-state index contributed by atoms with van der Waals surface area (Å²) in [5.41, 5.74) is 5.55. The Bertz CT molecular complexity index is 2260. The number of unbranched alkanes of at least 4 members (excludes halogenated alkanes) is 8. The number of nitrogens with zero attached hydrogens (tertiary/aromatic N) is 1. The van der Waals surface area contributed by atoms with Crippen LogP contribution in [0.15, 0.2) is 97.1 Å². The van der Waals surface area contributed by atoms with Crippen molar-refractivity contribution in [2.75, 3.05) is 0 Å². The summed E-state index contributed by atoms with van der Waals surface area (Å²) >= 11 is 0. The molecule has 0 saturated heterocycles. The SMILES string of the molecule is CCCCCCCCC(CCCCCC)Cn1c2ccc3cccc4c5cccc6c(-c7cccc8ccccc78)cc1c(c65)c2c34. The minimum absolute atomic E-state index is 0.704. The van der Waals surface area contributed by atoms with Crippen molar-refractivity contribution in [3.05, 3.63) is 97.1 Å². The maximum atomic E-state index is 2.76. The highest BCUT2D eigenvalue weighted by Gasteiger charge is 2.25. The second-order valence-electron chi connectivity index (χ2n) is 14.3. The molecular formula is C46H49N. The Labute approximate surface area is 280 Å². The van der Waals surface area contributed by atoms with Crippen LogP contribution in [-0.2, 0) is 6.54 Å². The molecule has 1 heteroatoms. The first kappa shape index (κ1) is 30.2. The predicted molar refractivity (Wildman–Crippen MR) is 208 cm³/mol. The molecule has 1 atom stereocenters. The van der Waals surface area contributed by atoms with Gasteiger partial charge in [0.05, 0.1) is 5.52 Å². The Morgan fingerprint density at radius 2 is 1.04 bits per heavy atom. The van der Waals surface area contributed by atoms with Gasteiger partial charge in [0.1, 0.15) is 0 Å². The molecule has 7 aromatic carbocycles. The zero-order chi connectivity index (χ0) is 31.7. The van der Waals surface area contributed by atoms with Crippen molar-refractivity contribution in [2.24, 2.45) is 5.92 Å². The molecule has 0 N–H and O–H groups in total. The van der Waals surface area contributed by atoms with Crippen molar-refractivity contribution in [1.82, 2.24) is 4.57 Å². The Morgan fingerprint density at radius 1 is 0.447 bits per heavy atom. The van der Waals surface area contributed by atoms with E-state index < -0.39 is 0 Å². The number of aromatic nitrogens is 1. The lowest BCUT2D eigenvalue weighted by atomic mass is 9.86. The van der Waals surface area contributed by atoms with E-state index in [1.165, 1.54) is 153 Å². The van der Waals surface area contributed by atoms with Crippen LogP contribution in [0.25, 0.3) is 76.0 Å². The summed E-state index contributed by atoms with van der Waals surface area (Å²) in [6.45, 7) is 5.76. The first-order chi connectivity index (χ1) is 23.3. The quantitative estimate of drug-likeness (QED) is 0.0614. The van der Waals surface area contributed by atoms with Crippen molar-refractivity contribution in [1.29, 1.82) is 0 Å². The zero-order valence-electron chi connectivity index (χ0n) is 28.5. The van der Waals surface area contributed by atoms with Crippen LogP contribution in [0.2, 0.25) is 0 Å². The molecule has 0 bridgehead atoms. The van der Waals surface area contributed by atoms with Gasteiger partial charge in [-0.1, -0.05) is 163 Å². The molecule has 0 aliphatic heterocycles. The summed E-state index contributed by atoms with van der Waals surface area (Å²) in [5, 5.41) is 14.0. The predicted octanol–water partition coefficient (Wildman–Crippen LogP) is 14.3. The maximum absolute atomic E-state index is 2.76. The number of benzene rings is 7. The van der Waals surface area contributed by atoms with E-state index >= 15 is 0 Å². The zero-order valence-corrected chi connectivity index (χ0v) is 28.5. The average molecular weight is 616 g/mol. The number of hydrogen-bond acceptors (Lipinski definition) is 0. The molecule has 0 radical (unpaired) electrons. The molecular weight excluding hydrogens is 567 g/mol. The van der Waals surface area contributed by atoms with Crippen LogP contribution in [0.5, 0.6) is 0 Å². The van der Waals surface area contributed by atoms with Gasteiger partial charge in [-0.25, -0.2) is 0 Å². The fourth-order valence-corrected chi connectivity index (χ4v) is 8.89. The molecule has 0 amide bonds. The van der Waals surface area contributed by atoms with Crippen LogP contribution in [0.3, 0.4) is 0 Å². The molecule has 238 valence electrons. The van der Waals surface area contributed by atoms with Gasteiger partial charge >= 0.3 is 0 Å². The number of fused-ring (bicyclic) bond motifs is 2. The molecule has 1 aromatic heterocycles. The van der Waals surface area contributed by atoms with Crippen LogP contribution in [-0.4, -0.2) is 4.57 Å². The Hall–Kier alpha value is -4.10. The summed E-state index contributed by atoms with van der Waals surface area (Å²) in [6, 6.07) is 37.1. The monoisotopic (exact) mass is 615 g/mol. The van der Waals surface area contributed by atoms with E-state index in [1.807, 2.05) is 0 Å². The van der Waals surface area contributed by atoms with Gasteiger partial charge in [0.15, 0.2) is 0 Å². The van der Waals surface area contributed by atoms with E-state index in [0.29, 0.717) is 5.92 Å². The van der Waals surface area contributed by atoms with Crippen LogP contribution < -0.4 is 0 Å². The van der Waals surface area contributed by atoms with E-state index in [0.717, 1.165) is 6.54 Å². The van der Waals surface area contributed by atoms with Gasteiger partial charge in [0.25, 0.3) is 0 Å². The largest absolute Gasteiger partial charge is 0.340 e. The molecule has 47 heavy (non-hydrogen) atoms. The first-order valence-corrected chi connectivity index (χ1v) is 18.7. The number of hydrogen-bond donors (Lipinski definition) is 0. The van der Waals surface area contributed by atoms with Gasteiger partial charge in [-0.15, -0.1) is 0 Å². The second kappa shape index (κ2) is 13.2. The normalized spacial score (nSPS) is 13.1. The van der Waals surface area contributed by atoms with Gasteiger partial charge in [0, 0.05) is 28.2 Å². The standard InChI is InChI=1S/C46H49N/c1-3-5-7-9-10-12-19-32(18-11-8-6-4-2)31-47-41-29-28-34-22-16-25-37-38-26-17-27-39-40(30-42(47)46(44(38)39)45(41)43(34)37)36-24-15-21-33-20-13-14-23-35(33)36/h13-17,20-30,32H,3-12,18-19,31H2,1-2H3. The molecule has 0 saturated carbocycles. The smallest absolute Gasteiger partial charge is 0.0504 e. The highest BCUT2D eigenvalue weighted by molar-refractivity contribution is 6.41. The third kappa shape index (κ3) is 5.33. The van der Waals surface area contributed by atoms with Crippen LogP contribution >= 0.6 is 0 Å². The Morgan fingerprint density at radius 3 is 1.87 bits per heavy atom. The Balaban J connectivity index is 1.33. The lowest BCUT2D eigenvalue weighted by Gasteiger charge is -2.20. The molecule has 8 aromatic rings. The fourth-order valence-electron chi connectivity index (χ4n) is 8.89. The average Bonchev–Trinajstić information content (AvgIpc) is 3.43. The van der Waals surface area contributed by atoms with Gasteiger partial charge < -0.3 is 4.57 Å². The van der Waals surface area contributed by atoms with Crippen molar-refractivity contribution in [3.8, 4) is 11.1 Å². The molecule has 1 unspecified atom stereocenters. The molecule has 1 nitrogen and oxygen atoms in total. The second-order valence-corrected chi connectivity index (χ2v) is 14.3. The van der Waals surface area contributed by atoms with Gasteiger partial charge in [-0.2, -0.15) is 0 Å². The van der Waals surface area contributed by atoms with Crippen molar-refractivity contribution < 1.29 is 0 Å². The van der Waals surface area contributed by atoms with Crippen LogP contribution in [0.1, 0.15) is 90.9 Å². The van der Waals surface area contributed by atoms with Gasteiger partial charge in [0.2, 0.25) is 0 Å². The molecule has 0 aliphatic carbocycles. The fraction of sp³-hybridized carbons (Fsp3) is 0.348. The first-order valence-electron chi connectivity index (χ1n) is 18.7. The van der Waals surface area contributed by atoms with Crippen LogP contribution in [0, 0.1) is 5.92 Å². The van der Waals surface area contributed by atoms with Gasteiger partial charge in [-0.3, -0.25) is 0 Å². The lowest BCUT2D eigenvalue weighted by molar-refractivity contribution is 0.365. The maximum Gasteiger partial charge on any atom is 0.0504 e. The molecule has 0 aliphatic rings. The summed E-state index contributed by atoms with van der Waals surface area (Å²) in [5.74, 6) is 0.704.